The highest BCUT2D eigenvalue weighted by Crippen LogP contribution is 2.28. The van der Waals surface area contributed by atoms with E-state index in [0.29, 0.717) is 54.8 Å². The predicted octanol–water partition coefficient (Wildman–Crippen LogP) is 1.68. The molecule has 3 aromatic rings. The minimum atomic E-state index is -3.55. The van der Waals surface area contributed by atoms with Crippen LogP contribution in [0.3, 0.4) is 0 Å². The van der Waals surface area contributed by atoms with Crippen molar-refractivity contribution in [2.24, 2.45) is 0 Å². The summed E-state index contributed by atoms with van der Waals surface area (Å²) in [6.07, 6.45) is 3.09. The highest BCUT2D eigenvalue weighted by molar-refractivity contribution is 7.92. The number of nitrogens with one attached hydrogen (secondary N) is 2. The van der Waals surface area contributed by atoms with Crippen LogP contribution in [0.1, 0.15) is 35.9 Å². The van der Waals surface area contributed by atoms with Gasteiger partial charge in [-0.1, -0.05) is 6.92 Å². The van der Waals surface area contributed by atoms with E-state index in [9.17, 15) is 18.0 Å². The molecule has 0 spiro atoms. The number of aromatic nitrogens is 3. The van der Waals surface area contributed by atoms with Crippen molar-refractivity contribution in [3.05, 3.63) is 58.3 Å². The first-order valence-corrected chi connectivity index (χ1v) is 12.1. The highest BCUT2D eigenvalue weighted by atomic mass is 32.2. The van der Waals surface area contributed by atoms with Crippen LogP contribution in [0.2, 0.25) is 0 Å². The minimum absolute atomic E-state index is 0.196. The highest BCUT2D eigenvalue weighted by Gasteiger charge is 2.32. The van der Waals surface area contributed by atoms with Gasteiger partial charge in [0.15, 0.2) is 9.84 Å². The number of hydrogen-bond acceptors (Lipinski definition) is 7. The molecule has 9 nitrogen and oxygen atoms in total. The largest absolute Gasteiger partial charge is 0.370 e. The number of amides is 1. The maximum Gasteiger partial charge on any atom is 0.270 e. The SMILES string of the molecule is CCc1nc2ccc(S(=O)(=O)C3CCN(c4ccc(C(=O)NC)nc4)CC3)cc2[nH]c1=O. The third kappa shape index (κ3) is 4.10. The third-order valence-electron chi connectivity index (χ3n) is 5.85. The molecule has 1 aliphatic heterocycles. The second-order valence-electron chi connectivity index (χ2n) is 7.76. The van der Waals surface area contributed by atoms with Gasteiger partial charge < -0.3 is 15.2 Å². The lowest BCUT2D eigenvalue weighted by Crippen LogP contribution is -2.39. The molecule has 0 aliphatic carbocycles. The first-order chi connectivity index (χ1) is 15.3. The topological polar surface area (TPSA) is 125 Å². The summed E-state index contributed by atoms with van der Waals surface area (Å²) in [5.74, 6) is -0.251. The number of H-pyrrole nitrogens is 1. The summed E-state index contributed by atoms with van der Waals surface area (Å²) in [6, 6.07) is 8.20. The number of aromatic amines is 1. The van der Waals surface area contributed by atoms with Crippen LogP contribution in [0.25, 0.3) is 11.0 Å². The van der Waals surface area contributed by atoms with Gasteiger partial charge >= 0.3 is 0 Å². The standard InChI is InChI=1S/C22H25N5O4S/c1-3-17-22(29)26-20-12-16(5-7-18(20)25-17)32(30,31)15-8-10-27(11-9-15)14-4-6-19(24-13-14)21(28)23-2/h4-7,12-13,15H,3,8-11H2,1-2H3,(H,23,28)(H,26,29). The summed E-state index contributed by atoms with van der Waals surface area (Å²) in [6.45, 7) is 2.98. The van der Waals surface area contributed by atoms with E-state index in [2.05, 4.69) is 25.2 Å². The molecule has 2 aromatic heterocycles. The molecule has 1 amide bonds. The van der Waals surface area contributed by atoms with Crippen LogP contribution in [0, 0.1) is 0 Å². The quantitative estimate of drug-likeness (QED) is 0.600. The molecule has 0 unspecified atom stereocenters. The number of benzene rings is 1. The molecule has 0 atom stereocenters. The smallest absolute Gasteiger partial charge is 0.270 e. The molecule has 32 heavy (non-hydrogen) atoms. The Morgan fingerprint density at radius 1 is 1.22 bits per heavy atom. The lowest BCUT2D eigenvalue weighted by atomic mass is 10.1. The normalized spacial score (nSPS) is 15.1. The summed E-state index contributed by atoms with van der Waals surface area (Å²) < 4.78 is 26.5. The van der Waals surface area contributed by atoms with Crippen molar-refractivity contribution >= 4 is 32.5 Å². The van der Waals surface area contributed by atoms with Gasteiger partial charge in [-0.25, -0.2) is 18.4 Å². The van der Waals surface area contributed by atoms with Crippen molar-refractivity contribution < 1.29 is 13.2 Å². The van der Waals surface area contributed by atoms with Gasteiger partial charge in [0.05, 0.1) is 33.1 Å². The molecule has 0 saturated carbocycles. The molecule has 168 valence electrons. The second-order valence-corrected chi connectivity index (χ2v) is 9.99. The molecule has 0 radical (unpaired) electrons. The molecule has 2 N–H and O–H groups in total. The van der Waals surface area contributed by atoms with Crippen molar-refractivity contribution in [3.63, 3.8) is 0 Å². The Labute approximate surface area is 185 Å². The number of rotatable bonds is 5. The summed E-state index contributed by atoms with van der Waals surface area (Å²) >= 11 is 0. The van der Waals surface area contributed by atoms with E-state index in [1.54, 1.807) is 31.4 Å². The van der Waals surface area contributed by atoms with Crippen LogP contribution in [-0.2, 0) is 16.3 Å². The summed E-state index contributed by atoms with van der Waals surface area (Å²) in [5.41, 5.74) is 2.33. The summed E-state index contributed by atoms with van der Waals surface area (Å²) in [4.78, 5) is 37.2. The van der Waals surface area contributed by atoms with Gasteiger partial charge in [-0.15, -0.1) is 0 Å². The Balaban J connectivity index is 1.50. The molecule has 4 rings (SSSR count). The summed E-state index contributed by atoms with van der Waals surface area (Å²) in [7, 11) is -2.00. The number of piperidine rings is 1. The van der Waals surface area contributed by atoms with Crippen LogP contribution in [0.15, 0.2) is 46.2 Å². The Hall–Kier alpha value is -3.27. The zero-order valence-electron chi connectivity index (χ0n) is 18.0. The van der Waals surface area contributed by atoms with Crippen molar-refractivity contribution in [2.75, 3.05) is 25.0 Å². The predicted molar refractivity (Wildman–Crippen MR) is 122 cm³/mol. The van der Waals surface area contributed by atoms with Gasteiger partial charge in [-0.3, -0.25) is 9.59 Å². The van der Waals surface area contributed by atoms with Gasteiger partial charge in [-0.05, 0) is 49.6 Å². The number of hydrogen-bond donors (Lipinski definition) is 2. The fraction of sp³-hybridized carbons (Fsp3) is 0.364. The van der Waals surface area contributed by atoms with Gasteiger partial charge in [0.1, 0.15) is 11.4 Å². The molecule has 1 aliphatic rings. The number of fused-ring (bicyclic) bond motifs is 1. The van der Waals surface area contributed by atoms with E-state index in [0.717, 1.165) is 5.69 Å². The Bertz CT molecular complexity index is 1310. The maximum absolute atomic E-state index is 13.2. The number of carbonyl (C=O) groups is 1. The maximum atomic E-state index is 13.2. The molecule has 1 aromatic carbocycles. The van der Waals surface area contributed by atoms with E-state index < -0.39 is 15.1 Å². The molecule has 0 bridgehead atoms. The molecular formula is C22H25N5O4S. The van der Waals surface area contributed by atoms with Crippen LogP contribution in [-0.4, -0.2) is 54.7 Å². The number of anilines is 1. The van der Waals surface area contributed by atoms with E-state index >= 15 is 0 Å². The summed E-state index contributed by atoms with van der Waals surface area (Å²) in [5, 5.41) is 2.02. The number of aryl methyl sites for hydroxylation is 1. The third-order valence-corrected chi connectivity index (χ3v) is 8.11. The number of sulfone groups is 1. The van der Waals surface area contributed by atoms with Gasteiger partial charge in [0.25, 0.3) is 11.5 Å². The van der Waals surface area contributed by atoms with E-state index in [-0.39, 0.29) is 16.4 Å². The second kappa shape index (κ2) is 8.70. The van der Waals surface area contributed by atoms with Crippen LogP contribution in [0.5, 0.6) is 0 Å². The molecular weight excluding hydrogens is 430 g/mol. The molecule has 1 saturated heterocycles. The molecule has 3 heterocycles. The number of pyridine rings is 1. The van der Waals surface area contributed by atoms with Gasteiger partial charge in [-0.2, -0.15) is 0 Å². The fourth-order valence-corrected chi connectivity index (χ4v) is 5.73. The van der Waals surface area contributed by atoms with Crippen LogP contribution < -0.4 is 15.8 Å². The van der Waals surface area contributed by atoms with Crippen LogP contribution >= 0.6 is 0 Å². The Kier molecular flexibility index (Phi) is 5.96. The minimum Gasteiger partial charge on any atom is -0.370 e. The Morgan fingerprint density at radius 2 is 1.97 bits per heavy atom. The Morgan fingerprint density at radius 3 is 2.59 bits per heavy atom. The van der Waals surface area contributed by atoms with Gasteiger partial charge in [0.2, 0.25) is 0 Å². The molecule has 1 fully saturated rings. The van der Waals surface area contributed by atoms with Crippen LogP contribution in [0.4, 0.5) is 5.69 Å². The van der Waals surface area contributed by atoms with Gasteiger partial charge in [0, 0.05) is 20.1 Å². The molecule has 10 heteroatoms. The zero-order chi connectivity index (χ0) is 22.9. The van der Waals surface area contributed by atoms with E-state index in [1.165, 1.54) is 6.07 Å². The monoisotopic (exact) mass is 455 g/mol. The van der Waals surface area contributed by atoms with Crippen molar-refractivity contribution in [2.45, 2.75) is 36.3 Å². The first kappa shape index (κ1) is 21.9. The fourth-order valence-electron chi connectivity index (χ4n) is 3.97. The van der Waals surface area contributed by atoms with Crippen molar-refractivity contribution in [3.8, 4) is 0 Å². The van der Waals surface area contributed by atoms with E-state index in [1.807, 2.05) is 13.0 Å². The van der Waals surface area contributed by atoms with Crippen molar-refractivity contribution in [1.82, 2.24) is 20.3 Å². The first-order valence-electron chi connectivity index (χ1n) is 10.5. The van der Waals surface area contributed by atoms with Crippen molar-refractivity contribution in [1.29, 1.82) is 0 Å². The number of nitrogens with zero attached hydrogens (tertiary/aromatic N) is 3. The lowest BCUT2D eigenvalue weighted by molar-refractivity contribution is 0.0958. The van der Waals surface area contributed by atoms with E-state index in [4.69, 9.17) is 0 Å². The average Bonchev–Trinajstić information content (AvgIpc) is 2.82. The zero-order valence-corrected chi connectivity index (χ0v) is 18.8. The number of carbonyl (C=O) groups excluding carboxylic acids is 1. The lowest BCUT2D eigenvalue weighted by Gasteiger charge is -2.33. The average molecular weight is 456 g/mol.